The Labute approximate surface area is 33.6 Å². The molecule has 0 heterocycles. The molecule has 0 amide bonds. The summed E-state index contributed by atoms with van der Waals surface area (Å²) in [6.45, 7) is 3.04. The maximum Gasteiger partial charge on any atom is 0.254 e. The van der Waals surface area contributed by atoms with Gasteiger partial charge in [0.1, 0.15) is 0 Å². The number of aliphatic hydroxyl groups is 1. The second-order valence-corrected chi connectivity index (χ2v) is 1.01. The smallest absolute Gasteiger partial charge is 0.254 e. The van der Waals surface area contributed by atoms with Crippen LogP contribution in [0.1, 0.15) is 0 Å². The van der Waals surface area contributed by atoms with E-state index in [-0.39, 0.29) is 5.95 Å². The van der Waals surface area contributed by atoms with E-state index in [2.05, 4.69) is 11.0 Å². The van der Waals surface area contributed by atoms with Crippen LogP contribution in [0, 0.1) is 0 Å². The van der Waals surface area contributed by atoms with Gasteiger partial charge < -0.3 is 9.53 Å². The van der Waals surface area contributed by atoms with Gasteiger partial charge in [0.25, 0.3) is 5.95 Å². The summed E-state index contributed by atoms with van der Waals surface area (Å²) in [6, 6.07) is 0. The van der Waals surface area contributed by atoms with Gasteiger partial charge in [-0.3, -0.25) is 0 Å². The zero-order valence-corrected chi connectivity index (χ0v) is 5.06. The monoisotopic (exact) mass is 90.0 g/mol. The fourth-order valence-electron chi connectivity index (χ4n) is 0. The molecule has 2 nitrogen and oxygen atoms in total. The molecule has 0 atom stereocenters. The average Bonchev–Trinajstić information content (AvgIpc) is 1.38. The first-order chi connectivity index (χ1) is 2.27. The fourth-order valence-corrected chi connectivity index (χ4v) is 0. The van der Waals surface area contributed by atoms with Crippen LogP contribution >= 0.6 is 0 Å². The number of hydrogen-bond acceptors (Lipinski definition) is 2. The summed E-state index contributed by atoms with van der Waals surface area (Å²) in [4.78, 5) is 0. The summed E-state index contributed by atoms with van der Waals surface area (Å²) in [5, 5.41) is 7.98. The molecular formula is C2H6O2Si. The van der Waals surface area contributed by atoms with Crippen LogP contribution in [0.15, 0.2) is 12.5 Å². The third-order valence-corrected chi connectivity index (χ3v) is 0.707. The molecule has 5 heavy (non-hydrogen) atoms. The molecule has 1 N–H and O–H groups in total. The summed E-state index contributed by atoms with van der Waals surface area (Å²) in [6.07, 6.45) is 0. The van der Waals surface area contributed by atoms with E-state index < -0.39 is 0 Å². The van der Waals surface area contributed by atoms with Gasteiger partial charge in [0.05, 0.1) is 0 Å². The predicted molar refractivity (Wildman–Crippen MR) is 22.8 cm³/mol. The highest BCUT2D eigenvalue weighted by atomic mass is 28.2. The predicted octanol–water partition coefficient (Wildman–Crippen LogP) is -0.687. The first kappa shape index (κ1) is 4.56. The molecule has 0 rings (SSSR count). The first-order valence-corrected chi connectivity index (χ1v) is 2.01. The summed E-state index contributed by atoms with van der Waals surface area (Å²) >= 11 is 0. The number of aliphatic hydroxyl groups excluding tert-OH is 1. The summed E-state index contributed by atoms with van der Waals surface area (Å²) < 4.78 is 4.25. The van der Waals surface area contributed by atoms with Crippen LogP contribution in [0.5, 0.6) is 0 Å². The van der Waals surface area contributed by atoms with E-state index >= 15 is 0 Å². The maximum absolute atomic E-state index is 7.98. The van der Waals surface area contributed by atoms with E-state index in [4.69, 9.17) is 5.11 Å². The molecule has 0 spiro atoms. The van der Waals surface area contributed by atoms with Gasteiger partial charge in [-0.25, -0.2) is 0 Å². The Morgan fingerprint density at radius 2 is 2.20 bits per heavy atom. The van der Waals surface area contributed by atoms with Gasteiger partial charge in [0.2, 0.25) is 10.5 Å². The molecule has 0 bridgehead atoms. The molecule has 3 heteroatoms. The standard InChI is InChI=1S/C2H6O2Si/c1-2(3)4-5/h3H,1H2,5H3. The van der Waals surface area contributed by atoms with Crippen molar-refractivity contribution >= 4 is 10.5 Å². The highest BCUT2D eigenvalue weighted by Crippen LogP contribution is 1.73. The fraction of sp³-hybridized carbons (Fsp3) is 0. The van der Waals surface area contributed by atoms with Crippen LogP contribution in [0.4, 0.5) is 0 Å². The van der Waals surface area contributed by atoms with Crippen molar-refractivity contribution in [3.05, 3.63) is 12.5 Å². The van der Waals surface area contributed by atoms with E-state index in [1.54, 1.807) is 0 Å². The van der Waals surface area contributed by atoms with Crippen molar-refractivity contribution in [3.8, 4) is 0 Å². The minimum absolute atomic E-state index is 0.184. The van der Waals surface area contributed by atoms with E-state index in [1.165, 1.54) is 0 Å². The van der Waals surface area contributed by atoms with Gasteiger partial charge in [0, 0.05) is 0 Å². The van der Waals surface area contributed by atoms with Crippen molar-refractivity contribution in [2.75, 3.05) is 0 Å². The molecular weight excluding hydrogens is 84.1 g/mol. The lowest BCUT2D eigenvalue weighted by Crippen LogP contribution is -1.78. The molecule has 0 aliphatic heterocycles. The minimum atomic E-state index is -0.184. The first-order valence-electron chi connectivity index (χ1n) is 1.19. The van der Waals surface area contributed by atoms with Crippen molar-refractivity contribution in [1.82, 2.24) is 0 Å². The Morgan fingerprint density at radius 3 is 2.20 bits per heavy atom. The van der Waals surface area contributed by atoms with Gasteiger partial charge in [-0.05, 0) is 6.58 Å². The molecule has 30 valence electrons. The van der Waals surface area contributed by atoms with E-state index in [1.807, 2.05) is 0 Å². The lowest BCUT2D eigenvalue weighted by atomic mass is 11.1. The summed E-state index contributed by atoms with van der Waals surface area (Å²) in [7, 11) is 0.524. The largest absolute Gasteiger partial charge is 0.529 e. The van der Waals surface area contributed by atoms with Crippen molar-refractivity contribution < 1.29 is 9.53 Å². The maximum atomic E-state index is 7.98. The van der Waals surface area contributed by atoms with E-state index in [9.17, 15) is 0 Å². The molecule has 0 aliphatic rings. The molecule has 0 unspecified atom stereocenters. The summed E-state index contributed by atoms with van der Waals surface area (Å²) in [5.41, 5.74) is 0. The van der Waals surface area contributed by atoms with E-state index in [0.29, 0.717) is 10.5 Å². The summed E-state index contributed by atoms with van der Waals surface area (Å²) in [5.74, 6) is -0.184. The quantitative estimate of drug-likeness (QED) is 0.341. The molecule has 0 aromatic heterocycles. The SMILES string of the molecule is C=C(O)O[SiH3]. The van der Waals surface area contributed by atoms with Crippen LogP contribution in [0.2, 0.25) is 0 Å². The Balaban J connectivity index is 2.85. The Bertz CT molecular complexity index is 42.9. The Kier molecular flexibility index (Phi) is 1.68. The van der Waals surface area contributed by atoms with Crippen LogP contribution in [0.25, 0.3) is 0 Å². The highest BCUT2D eigenvalue weighted by Gasteiger charge is 1.67. The zero-order chi connectivity index (χ0) is 4.28. The molecule has 0 saturated carbocycles. The van der Waals surface area contributed by atoms with Gasteiger partial charge in [-0.1, -0.05) is 0 Å². The molecule has 0 saturated heterocycles. The molecule has 0 radical (unpaired) electrons. The zero-order valence-electron chi connectivity index (χ0n) is 3.06. The average molecular weight is 90.2 g/mol. The Hall–Kier alpha value is -0.443. The third-order valence-electron chi connectivity index (χ3n) is 0.236. The normalized spacial score (nSPS) is 7.20. The van der Waals surface area contributed by atoms with Crippen molar-refractivity contribution in [3.63, 3.8) is 0 Å². The van der Waals surface area contributed by atoms with Crippen molar-refractivity contribution in [2.24, 2.45) is 0 Å². The van der Waals surface area contributed by atoms with Crippen LogP contribution < -0.4 is 0 Å². The third kappa shape index (κ3) is 3.56. The molecule has 0 aromatic carbocycles. The Morgan fingerprint density at radius 1 is 2.00 bits per heavy atom. The molecule has 0 aliphatic carbocycles. The van der Waals surface area contributed by atoms with Gasteiger partial charge in [-0.2, -0.15) is 0 Å². The van der Waals surface area contributed by atoms with Gasteiger partial charge >= 0.3 is 0 Å². The van der Waals surface area contributed by atoms with Crippen LogP contribution in [-0.2, 0) is 4.43 Å². The second kappa shape index (κ2) is 1.84. The molecule has 0 fully saturated rings. The topological polar surface area (TPSA) is 29.5 Å². The van der Waals surface area contributed by atoms with E-state index in [0.717, 1.165) is 0 Å². The van der Waals surface area contributed by atoms with Gasteiger partial charge in [0.15, 0.2) is 0 Å². The lowest BCUT2D eigenvalue weighted by Gasteiger charge is -1.88. The number of hydrogen-bond donors (Lipinski definition) is 1. The molecule has 0 aromatic rings. The van der Waals surface area contributed by atoms with Crippen LogP contribution in [0.3, 0.4) is 0 Å². The second-order valence-electron chi connectivity index (χ2n) is 0.598. The van der Waals surface area contributed by atoms with Crippen molar-refractivity contribution in [1.29, 1.82) is 0 Å². The van der Waals surface area contributed by atoms with Crippen molar-refractivity contribution in [2.45, 2.75) is 0 Å². The van der Waals surface area contributed by atoms with Gasteiger partial charge in [-0.15, -0.1) is 0 Å². The van der Waals surface area contributed by atoms with Crippen LogP contribution in [-0.4, -0.2) is 15.6 Å². The minimum Gasteiger partial charge on any atom is -0.529 e. The highest BCUT2D eigenvalue weighted by molar-refractivity contribution is 5.98. The lowest BCUT2D eigenvalue weighted by molar-refractivity contribution is 0.225. The number of rotatable bonds is 1.